The molecule has 0 spiro atoms. The standard InChI is InChI=1S/C12H23N3/c1-4-6-8-13-10-12-7-9-14-15(12)11(3)5-2/h7,9,11,13H,4-6,8,10H2,1-3H3/t11-/m0/s1. The molecule has 0 bridgehead atoms. The maximum atomic E-state index is 4.36. The SMILES string of the molecule is CCCCNCc1ccnn1[C@@H](C)CC. The lowest BCUT2D eigenvalue weighted by Gasteiger charge is -2.14. The molecule has 0 aliphatic rings. The van der Waals surface area contributed by atoms with Crippen molar-refractivity contribution in [2.24, 2.45) is 0 Å². The molecular formula is C12H23N3. The van der Waals surface area contributed by atoms with Crippen LogP contribution >= 0.6 is 0 Å². The Hall–Kier alpha value is -0.830. The van der Waals surface area contributed by atoms with E-state index in [9.17, 15) is 0 Å². The molecule has 1 N–H and O–H groups in total. The zero-order valence-electron chi connectivity index (χ0n) is 10.2. The Labute approximate surface area is 92.9 Å². The van der Waals surface area contributed by atoms with Gasteiger partial charge in [0.15, 0.2) is 0 Å². The first-order valence-corrected chi connectivity index (χ1v) is 6.02. The van der Waals surface area contributed by atoms with Crippen molar-refractivity contribution in [1.29, 1.82) is 0 Å². The highest BCUT2D eigenvalue weighted by Crippen LogP contribution is 2.11. The molecule has 1 atom stereocenters. The Morgan fingerprint density at radius 3 is 2.93 bits per heavy atom. The van der Waals surface area contributed by atoms with Crippen LogP contribution in [-0.4, -0.2) is 16.3 Å². The van der Waals surface area contributed by atoms with Gasteiger partial charge >= 0.3 is 0 Å². The summed E-state index contributed by atoms with van der Waals surface area (Å²) >= 11 is 0. The highest BCUT2D eigenvalue weighted by Gasteiger charge is 2.07. The third-order valence-corrected chi connectivity index (χ3v) is 2.77. The van der Waals surface area contributed by atoms with Crippen LogP contribution in [0.2, 0.25) is 0 Å². The van der Waals surface area contributed by atoms with Gasteiger partial charge in [-0.05, 0) is 32.4 Å². The van der Waals surface area contributed by atoms with E-state index in [1.807, 2.05) is 6.20 Å². The summed E-state index contributed by atoms with van der Waals surface area (Å²) in [6.45, 7) is 8.65. The van der Waals surface area contributed by atoms with Gasteiger partial charge in [0.05, 0.1) is 5.69 Å². The first kappa shape index (κ1) is 12.2. The van der Waals surface area contributed by atoms with Crippen LogP contribution in [0.5, 0.6) is 0 Å². The average Bonchev–Trinajstić information content (AvgIpc) is 2.71. The van der Waals surface area contributed by atoms with Gasteiger partial charge in [0, 0.05) is 18.8 Å². The van der Waals surface area contributed by atoms with Crippen LogP contribution in [0.4, 0.5) is 0 Å². The second-order valence-electron chi connectivity index (χ2n) is 4.05. The van der Waals surface area contributed by atoms with Crippen molar-refractivity contribution in [3.05, 3.63) is 18.0 Å². The molecule has 3 heteroatoms. The van der Waals surface area contributed by atoms with Crippen LogP contribution in [0.1, 0.15) is 51.8 Å². The van der Waals surface area contributed by atoms with Crippen LogP contribution in [0.3, 0.4) is 0 Å². The molecule has 0 saturated carbocycles. The van der Waals surface area contributed by atoms with E-state index in [0.29, 0.717) is 6.04 Å². The highest BCUT2D eigenvalue weighted by molar-refractivity contribution is 5.01. The fourth-order valence-corrected chi connectivity index (χ4v) is 1.57. The number of hydrogen-bond acceptors (Lipinski definition) is 2. The summed E-state index contributed by atoms with van der Waals surface area (Å²) in [5.41, 5.74) is 1.29. The van der Waals surface area contributed by atoms with Gasteiger partial charge in [-0.3, -0.25) is 4.68 Å². The second kappa shape index (κ2) is 6.62. The van der Waals surface area contributed by atoms with Crippen molar-refractivity contribution < 1.29 is 0 Å². The minimum Gasteiger partial charge on any atom is -0.311 e. The summed E-state index contributed by atoms with van der Waals surface area (Å²) in [6, 6.07) is 2.61. The third-order valence-electron chi connectivity index (χ3n) is 2.77. The lowest BCUT2D eigenvalue weighted by atomic mass is 10.2. The van der Waals surface area contributed by atoms with Crippen LogP contribution in [0.25, 0.3) is 0 Å². The zero-order valence-corrected chi connectivity index (χ0v) is 10.2. The topological polar surface area (TPSA) is 29.9 Å². The van der Waals surface area contributed by atoms with Gasteiger partial charge in [-0.1, -0.05) is 20.3 Å². The quantitative estimate of drug-likeness (QED) is 0.700. The Balaban J connectivity index is 2.43. The molecule has 1 aromatic rings. The van der Waals surface area contributed by atoms with Crippen molar-refractivity contribution >= 4 is 0 Å². The highest BCUT2D eigenvalue weighted by atomic mass is 15.3. The van der Waals surface area contributed by atoms with E-state index in [1.165, 1.54) is 18.5 Å². The van der Waals surface area contributed by atoms with Crippen molar-refractivity contribution in [2.75, 3.05) is 6.54 Å². The fraction of sp³-hybridized carbons (Fsp3) is 0.750. The second-order valence-corrected chi connectivity index (χ2v) is 4.05. The number of aromatic nitrogens is 2. The van der Waals surface area contributed by atoms with E-state index >= 15 is 0 Å². The normalized spacial score (nSPS) is 13.0. The molecule has 0 aliphatic heterocycles. The molecule has 1 heterocycles. The van der Waals surface area contributed by atoms with E-state index in [4.69, 9.17) is 0 Å². The zero-order chi connectivity index (χ0) is 11.1. The molecule has 0 aromatic carbocycles. The summed E-state index contributed by atoms with van der Waals surface area (Å²) in [5.74, 6) is 0. The van der Waals surface area contributed by atoms with Gasteiger partial charge in [-0.15, -0.1) is 0 Å². The van der Waals surface area contributed by atoms with Gasteiger partial charge in [0.25, 0.3) is 0 Å². The number of rotatable bonds is 7. The molecular weight excluding hydrogens is 186 g/mol. The smallest absolute Gasteiger partial charge is 0.0525 e. The van der Waals surface area contributed by atoms with E-state index in [1.54, 1.807) is 0 Å². The van der Waals surface area contributed by atoms with Crippen LogP contribution < -0.4 is 5.32 Å². The molecule has 86 valence electrons. The number of nitrogens with zero attached hydrogens (tertiary/aromatic N) is 2. The molecule has 0 radical (unpaired) electrons. The molecule has 0 aliphatic carbocycles. The Bertz CT molecular complexity index is 268. The first-order chi connectivity index (χ1) is 7.29. The summed E-state index contributed by atoms with van der Waals surface area (Å²) in [6.07, 6.45) is 5.52. The Kier molecular flexibility index (Phi) is 5.40. The van der Waals surface area contributed by atoms with Crippen LogP contribution in [-0.2, 0) is 6.54 Å². The summed E-state index contributed by atoms with van der Waals surface area (Å²) < 4.78 is 2.12. The minimum atomic E-state index is 0.503. The van der Waals surface area contributed by atoms with Crippen molar-refractivity contribution in [2.45, 2.75) is 52.6 Å². The molecule has 0 amide bonds. The average molecular weight is 209 g/mol. The van der Waals surface area contributed by atoms with Crippen molar-refractivity contribution in [3.63, 3.8) is 0 Å². The summed E-state index contributed by atoms with van der Waals surface area (Å²) in [5, 5.41) is 7.81. The lowest BCUT2D eigenvalue weighted by Crippen LogP contribution is -2.19. The van der Waals surface area contributed by atoms with E-state index < -0.39 is 0 Å². The maximum absolute atomic E-state index is 4.36. The monoisotopic (exact) mass is 209 g/mol. The molecule has 1 aromatic heterocycles. The van der Waals surface area contributed by atoms with Crippen LogP contribution in [0, 0.1) is 0 Å². The Morgan fingerprint density at radius 2 is 2.27 bits per heavy atom. The van der Waals surface area contributed by atoms with E-state index in [-0.39, 0.29) is 0 Å². The molecule has 0 saturated heterocycles. The van der Waals surface area contributed by atoms with E-state index in [0.717, 1.165) is 19.5 Å². The predicted octanol–water partition coefficient (Wildman–Crippen LogP) is 2.74. The third kappa shape index (κ3) is 3.67. The lowest BCUT2D eigenvalue weighted by molar-refractivity contribution is 0.451. The van der Waals surface area contributed by atoms with Gasteiger partial charge < -0.3 is 5.32 Å². The molecule has 0 fully saturated rings. The summed E-state index contributed by atoms with van der Waals surface area (Å²) in [7, 11) is 0. The van der Waals surface area contributed by atoms with Crippen molar-refractivity contribution in [1.82, 2.24) is 15.1 Å². The van der Waals surface area contributed by atoms with E-state index in [2.05, 4.69) is 41.9 Å². The first-order valence-electron chi connectivity index (χ1n) is 6.02. The molecule has 15 heavy (non-hydrogen) atoms. The van der Waals surface area contributed by atoms with Gasteiger partial charge in [-0.25, -0.2) is 0 Å². The Morgan fingerprint density at radius 1 is 1.47 bits per heavy atom. The largest absolute Gasteiger partial charge is 0.311 e. The number of nitrogens with one attached hydrogen (secondary N) is 1. The van der Waals surface area contributed by atoms with Crippen LogP contribution in [0.15, 0.2) is 12.3 Å². The van der Waals surface area contributed by atoms with Crippen molar-refractivity contribution in [3.8, 4) is 0 Å². The maximum Gasteiger partial charge on any atom is 0.0525 e. The number of hydrogen-bond donors (Lipinski definition) is 1. The molecule has 1 rings (SSSR count). The predicted molar refractivity (Wildman–Crippen MR) is 63.8 cm³/mol. The van der Waals surface area contributed by atoms with Gasteiger partial charge in [0.2, 0.25) is 0 Å². The minimum absolute atomic E-state index is 0.503. The fourth-order valence-electron chi connectivity index (χ4n) is 1.57. The van der Waals surface area contributed by atoms with Gasteiger partial charge in [-0.2, -0.15) is 5.10 Å². The molecule has 0 unspecified atom stereocenters. The van der Waals surface area contributed by atoms with Gasteiger partial charge in [0.1, 0.15) is 0 Å². The summed E-state index contributed by atoms with van der Waals surface area (Å²) in [4.78, 5) is 0. The number of unbranched alkanes of at least 4 members (excludes halogenated alkanes) is 1. The molecule has 3 nitrogen and oxygen atoms in total.